The third kappa shape index (κ3) is 1.61. The minimum Gasteiger partial charge on any atom is -0.404 e. The largest absolute Gasteiger partial charge is 0.404 e. The van der Waals surface area contributed by atoms with Gasteiger partial charge < -0.3 is 5.73 Å². The summed E-state index contributed by atoms with van der Waals surface area (Å²) in [6.07, 6.45) is 8.76. The minimum atomic E-state index is 0.926. The second-order valence-corrected chi connectivity index (χ2v) is 2.68. The van der Waals surface area contributed by atoms with Crippen molar-refractivity contribution in [1.29, 1.82) is 0 Å². The van der Waals surface area contributed by atoms with Crippen LogP contribution in [0.25, 0.3) is 0 Å². The summed E-state index contributed by atoms with van der Waals surface area (Å²) in [5.74, 6) is 0. The molecule has 1 aliphatic carbocycles. The molecule has 0 aromatic heterocycles. The van der Waals surface area contributed by atoms with Crippen molar-refractivity contribution in [3.63, 3.8) is 0 Å². The van der Waals surface area contributed by atoms with Gasteiger partial charge >= 0.3 is 0 Å². The summed E-state index contributed by atoms with van der Waals surface area (Å²) in [7, 11) is 0. The first-order valence-electron chi connectivity index (χ1n) is 3.69. The van der Waals surface area contributed by atoms with Crippen LogP contribution >= 0.6 is 0 Å². The van der Waals surface area contributed by atoms with Crippen molar-refractivity contribution in [2.24, 2.45) is 5.73 Å². The molecule has 1 aliphatic rings. The average Bonchev–Trinajstić information content (AvgIpc) is 2.04. The van der Waals surface area contributed by atoms with Crippen LogP contribution in [0.2, 0.25) is 0 Å². The Morgan fingerprint density at radius 3 is 2.91 bits per heavy atom. The molecule has 0 unspecified atom stereocenters. The molecule has 0 heterocycles. The van der Waals surface area contributed by atoms with Crippen molar-refractivity contribution in [2.45, 2.75) is 13.3 Å². The molecule has 1 rings (SSSR count). The third-order valence-electron chi connectivity index (χ3n) is 1.74. The van der Waals surface area contributed by atoms with Gasteiger partial charge in [-0.25, -0.2) is 0 Å². The van der Waals surface area contributed by atoms with Crippen LogP contribution in [0.5, 0.6) is 0 Å². The maximum Gasteiger partial charge on any atom is -0.00204 e. The number of allylic oxidation sites excluding steroid dienone is 6. The molecule has 0 bridgehead atoms. The molecular formula is C10H13N. The number of rotatable bonds is 1. The first-order chi connectivity index (χ1) is 5.25. The van der Waals surface area contributed by atoms with Gasteiger partial charge in [-0.2, -0.15) is 0 Å². The maximum absolute atomic E-state index is 5.45. The zero-order chi connectivity index (χ0) is 8.27. The molecule has 1 nitrogen and oxygen atoms in total. The predicted molar refractivity (Wildman–Crippen MR) is 48.9 cm³/mol. The smallest absolute Gasteiger partial charge is 0.00204 e. The predicted octanol–water partition coefficient (Wildman–Crippen LogP) is 2.29. The van der Waals surface area contributed by atoms with Crippen molar-refractivity contribution >= 4 is 0 Å². The van der Waals surface area contributed by atoms with E-state index in [2.05, 4.69) is 12.7 Å². The summed E-state index contributed by atoms with van der Waals surface area (Å²) in [5.41, 5.74) is 8.87. The molecule has 11 heavy (non-hydrogen) atoms. The van der Waals surface area contributed by atoms with Crippen molar-refractivity contribution in [2.75, 3.05) is 0 Å². The molecule has 0 saturated carbocycles. The van der Waals surface area contributed by atoms with E-state index in [0.29, 0.717) is 0 Å². The van der Waals surface area contributed by atoms with Crippen molar-refractivity contribution < 1.29 is 0 Å². The molecule has 0 saturated heterocycles. The summed E-state index contributed by atoms with van der Waals surface area (Å²) >= 11 is 0. The molecule has 0 spiro atoms. The first-order valence-corrected chi connectivity index (χ1v) is 3.69. The van der Waals surface area contributed by atoms with Crippen LogP contribution < -0.4 is 5.73 Å². The maximum atomic E-state index is 5.45. The quantitative estimate of drug-likeness (QED) is 0.605. The zero-order valence-electron chi connectivity index (χ0n) is 6.80. The van der Waals surface area contributed by atoms with Crippen LogP contribution in [0.15, 0.2) is 47.7 Å². The lowest BCUT2D eigenvalue weighted by Gasteiger charge is -2.11. The van der Waals surface area contributed by atoms with Crippen molar-refractivity contribution in [3.05, 3.63) is 47.7 Å². The summed E-state index contributed by atoms with van der Waals surface area (Å²) in [5, 5.41) is 0. The third-order valence-corrected chi connectivity index (χ3v) is 1.74. The SMILES string of the molecule is C=C(C)C1=CC=CC/C1=C\N. The number of nitrogens with two attached hydrogens (primary N) is 1. The topological polar surface area (TPSA) is 26.0 Å². The highest BCUT2D eigenvalue weighted by Gasteiger charge is 2.05. The lowest BCUT2D eigenvalue weighted by Crippen LogP contribution is -1.96. The van der Waals surface area contributed by atoms with Crippen molar-refractivity contribution in [3.8, 4) is 0 Å². The fraction of sp³-hybridized carbons (Fsp3) is 0.200. The Morgan fingerprint density at radius 2 is 2.45 bits per heavy atom. The Morgan fingerprint density at radius 1 is 1.73 bits per heavy atom. The van der Waals surface area contributed by atoms with E-state index in [0.717, 1.165) is 12.0 Å². The molecular weight excluding hydrogens is 134 g/mol. The van der Waals surface area contributed by atoms with Gasteiger partial charge in [-0.05, 0) is 30.7 Å². The van der Waals surface area contributed by atoms with Gasteiger partial charge in [0.05, 0.1) is 0 Å². The highest BCUT2D eigenvalue weighted by Crippen LogP contribution is 2.23. The van der Waals surface area contributed by atoms with Crippen LogP contribution in [-0.2, 0) is 0 Å². The Labute approximate surface area is 67.6 Å². The van der Waals surface area contributed by atoms with E-state index in [9.17, 15) is 0 Å². The van der Waals surface area contributed by atoms with Gasteiger partial charge in [-0.3, -0.25) is 0 Å². The van der Waals surface area contributed by atoms with Crippen LogP contribution in [0.4, 0.5) is 0 Å². The van der Waals surface area contributed by atoms with E-state index in [-0.39, 0.29) is 0 Å². The fourth-order valence-corrected chi connectivity index (χ4v) is 1.15. The summed E-state index contributed by atoms with van der Waals surface area (Å²) in [6, 6.07) is 0. The lowest BCUT2D eigenvalue weighted by molar-refractivity contribution is 1.17. The lowest BCUT2D eigenvalue weighted by atomic mass is 9.94. The molecule has 2 N–H and O–H groups in total. The highest BCUT2D eigenvalue weighted by molar-refractivity contribution is 5.49. The van der Waals surface area contributed by atoms with Crippen LogP contribution in [0.3, 0.4) is 0 Å². The Kier molecular flexibility index (Phi) is 2.32. The molecule has 0 radical (unpaired) electrons. The average molecular weight is 147 g/mol. The van der Waals surface area contributed by atoms with Gasteiger partial charge in [0.25, 0.3) is 0 Å². The normalized spacial score (nSPS) is 20.1. The first kappa shape index (κ1) is 7.86. The summed E-state index contributed by atoms with van der Waals surface area (Å²) in [4.78, 5) is 0. The standard InChI is InChI=1S/C10H13N/c1-8(2)10-6-4-3-5-9(10)7-11/h3-4,6-7H,1,5,11H2,2H3/b9-7+. The second-order valence-electron chi connectivity index (χ2n) is 2.68. The summed E-state index contributed by atoms with van der Waals surface area (Å²) in [6.45, 7) is 5.87. The van der Waals surface area contributed by atoms with Crippen LogP contribution in [0, 0.1) is 0 Å². The Hall–Kier alpha value is -1.24. The molecule has 0 atom stereocenters. The van der Waals surface area contributed by atoms with Crippen LogP contribution in [0.1, 0.15) is 13.3 Å². The fourth-order valence-electron chi connectivity index (χ4n) is 1.15. The molecule has 0 aliphatic heterocycles. The van der Waals surface area contributed by atoms with E-state index < -0.39 is 0 Å². The van der Waals surface area contributed by atoms with E-state index in [1.165, 1.54) is 11.1 Å². The highest BCUT2D eigenvalue weighted by atomic mass is 14.5. The molecule has 0 amide bonds. The summed E-state index contributed by atoms with van der Waals surface area (Å²) < 4.78 is 0. The Balaban J connectivity index is 2.97. The van der Waals surface area contributed by atoms with Gasteiger partial charge in [0.15, 0.2) is 0 Å². The molecule has 58 valence electrons. The van der Waals surface area contributed by atoms with E-state index >= 15 is 0 Å². The van der Waals surface area contributed by atoms with Crippen LogP contribution in [-0.4, -0.2) is 0 Å². The molecule has 0 aromatic rings. The number of hydrogen-bond donors (Lipinski definition) is 1. The monoisotopic (exact) mass is 147 g/mol. The van der Waals surface area contributed by atoms with Gasteiger partial charge in [0.2, 0.25) is 0 Å². The van der Waals surface area contributed by atoms with Gasteiger partial charge in [-0.15, -0.1) is 0 Å². The van der Waals surface area contributed by atoms with Gasteiger partial charge in [-0.1, -0.05) is 30.4 Å². The molecule has 0 fully saturated rings. The van der Waals surface area contributed by atoms with Crippen molar-refractivity contribution in [1.82, 2.24) is 0 Å². The zero-order valence-corrected chi connectivity index (χ0v) is 6.80. The molecule has 0 aromatic carbocycles. The molecule has 1 heteroatoms. The minimum absolute atomic E-state index is 0.926. The van der Waals surface area contributed by atoms with Gasteiger partial charge in [0, 0.05) is 0 Å². The van der Waals surface area contributed by atoms with E-state index in [1.54, 1.807) is 6.20 Å². The van der Waals surface area contributed by atoms with E-state index in [1.807, 2.05) is 19.1 Å². The second kappa shape index (κ2) is 3.24. The number of hydrogen-bond acceptors (Lipinski definition) is 1. The van der Waals surface area contributed by atoms with E-state index in [4.69, 9.17) is 5.73 Å². The van der Waals surface area contributed by atoms with Gasteiger partial charge in [0.1, 0.15) is 0 Å². The Bertz CT molecular complexity index is 254.